The van der Waals surface area contributed by atoms with Gasteiger partial charge in [-0.1, -0.05) is 18.2 Å². The number of H-pyrrole nitrogens is 1. The third kappa shape index (κ3) is 5.34. The van der Waals surface area contributed by atoms with Gasteiger partial charge in [0.2, 0.25) is 11.8 Å². The van der Waals surface area contributed by atoms with E-state index in [9.17, 15) is 9.59 Å². The largest absolute Gasteiger partial charge is 0.353 e. The Bertz CT molecular complexity index is 1210. The van der Waals surface area contributed by atoms with Crippen molar-refractivity contribution in [3.8, 4) is 0 Å². The topological polar surface area (TPSA) is 101 Å². The first-order valence-corrected chi connectivity index (χ1v) is 12.6. The zero-order valence-corrected chi connectivity index (χ0v) is 21.0. The molecule has 0 spiro atoms. The van der Waals surface area contributed by atoms with Gasteiger partial charge in [0.05, 0.1) is 18.5 Å². The van der Waals surface area contributed by atoms with Gasteiger partial charge in [-0.05, 0) is 31.0 Å². The number of aromatic amines is 1. The Balaban J connectivity index is 1.05. The van der Waals surface area contributed by atoms with Gasteiger partial charge in [0.15, 0.2) is 0 Å². The first-order valence-electron chi connectivity index (χ1n) is 12.6. The minimum Gasteiger partial charge on any atom is -0.353 e. The van der Waals surface area contributed by atoms with Crippen LogP contribution in [0, 0.1) is 13.8 Å². The van der Waals surface area contributed by atoms with Crippen LogP contribution in [0.4, 0.5) is 11.5 Å². The lowest BCUT2D eigenvalue weighted by atomic mass is 10.1. The number of aromatic nitrogens is 3. The molecule has 36 heavy (non-hydrogen) atoms. The molecule has 190 valence electrons. The number of piperazine rings is 2. The second-order valence-corrected chi connectivity index (χ2v) is 9.67. The summed E-state index contributed by atoms with van der Waals surface area (Å²) in [5.74, 6) is 1.11. The predicted octanol–water partition coefficient (Wildman–Crippen LogP) is 1.48. The third-order valence-corrected chi connectivity index (χ3v) is 7.20. The van der Waals surface area contributed by atoms with Crippen molar-refractivity contribution < 1.29 is 9.59 Å². The minimum absolute atomic E-state index is 0.00866. The van der Waals surface area contributed by atoms with Gasteiger partial charge in [0, 0.05) is 64.2 Å². The van der Waals surface area contributed by atoms with Crippen molar-refractivity contribution in [3.63, 3.8) is 0 Å². The second-order valence-electron chi connectivity index (χ2n) is 9.67. The molecule has 0 atom stereocenters. The quantitative estimate of drug-likeness (QED) is 0.540. The smallest absolute Gasteiger partial charge is 0.238 e. The molecule has 3 aromatic rings. The number of rotatable bonds is 6. The molecule has 0 radical (unpaired) electrons. The first kappa shape index (κ1) is 24.2. The van der Waals surface area contributed by atoms with Crippen molar-refractivity contribution in [1.82, 2.24) is 29.7 Å². The summed E-state index contributed by atoms with van der Waals surface area (Å²) in [6.45, 7) is 10.8. The average Bonchev–Trinajstić information content (AvgIpc) is 3.36. The molecule has 0 unspecified atom stereocenters. The molecule has 2 aliphatic rings. The molecule has 10 heteroatoms. The van der Waals surface area contributed by atoms with Crippen LogP contribution in [-0.4, -0.2) is 107 Å². The summed E-state index contributed by atoms with van der Waals surface area (Å²) in [4.78, 5) is 46.0. The lowest BCUT2D eigenvalue weighted by Crippen LogP contribution is -2.54. The predicted molar refractivity (Wildman–Crippen MR) is 140 cm³/mol. The van der Waals surface area contributed by atoms with Crippen molar-refractivity contribution in [1.29, 1.82) is 0 Å². The number of anilines is 2. The van der Waals surface area contributed by atoms with Crippen molar-refractivity contribution in [2.24, 2.45) is 0 Å². The van der Waals surface area contributed by atoms with Crippen molar-refractivity contribution in [3.05, 3.63) is 47.9 Å². The van der Waals surface area contributed by atoms with Crippen molar-refractivity contribution in [2.45, 2.75) is 13.8 Å². The van der Waals surface area contributed by atoms with Crippen LogP contribution in [0.1, 0.15) is 11.1 Å². The van der Waals surface area contributed by atoms with Crippen LogP contribution in [0.5, 0.6) is 0 Å². The van der Waals surface area contributed by atoms with Gasteiger partial charge in [-0.25, -0.2) is 9.97 Å². The summed E-state index contributed by atoms with van der Waals surface area (Å²) in [5.41, 5.74) is 3.87. The fraction of sp³-hybridized carbons (Fsp3) is 0.462. The number of para-hydroxylation sites is 1. The summed E-state index contributed by atoms with van der Waals surface area (Å²) in [7, 11) is 0. The van der Waals surface area contributed by atoms with E-state index >= 15 is 0 Å². The van der Waals surface area contributed by atoms with Gasteiger partial charge in [-0.2, -0.15) is 0 Å². The monoisotopic (exact) mass is 490 g/mol. The number of carbonyl (C=O) groups is 2. The summed E-state index contributed by atoms with van der Waals surface area (Å²) in [6, 6.07) is 8.01. The summed E-state index contributed by atoms with van der Waals surface area (Å²) in [5, 5.41) is 4.09. The number of amides is 2. The van der Waals surface area contributed by atoms with E-state index in [-0.39, 0.29) is 11.8 Å². The molecule has 0 bridgehead atoms. The molecule has 2 saturated heterocycles. The molecule has 2 aliphatic heterocycles. The van der Waals surface area contributed by atoms with Gasteiger partial charge in [-0.15, -0.1) is 0 Å². The molecule has 10 nitrogen and oxygen atoms in total. The van der Waals surface area contributed by atoms with Gasteiger partial charge in [-0.3, -0.25) is 19.4 Å². The molecule has 1 aromatic carbocycles. The van der Waals surface area contributed by atoms with E-state index in [2.05, 4.69) is 35.0 Å². The second kappa shape index (κ2) is 10.6. The lowest BCUT2D eigenvalue weighted by molar-refractivity contribution is -0.134. The van der Waals surface area contributed by atoms with Crippen LogP contribution in [0.25, 0.3) is 11.0 Å². The Kier molecular flexibility index (Phi) is 7.15. The van der Waals surface area contributed by atoms with E-state index in [4.69, 9.17) is 0 Å². The zero-order chi connectivity index (χ0) is 25.1. The molecule has 0 saturated carbocycles. The van der Waals surface area contributed by atoms with Gasteiger partial charge in [0.25, 0.3) is 0 Å². The Morgan fingerprint density at radius 2 is 1.56 bits per heavy atom. The highest BCUT2D eigenvalue weighted by Gasteiger charge is 2.26. The maximum absolute atomic E-state index is 13.0. The molecular weight excluding hydrogens is 456 g/mol. The maximum Gasteiger partial charge on any atom is 0.238 e. The highest BCUT2D eigenvalue weighted by atomic mass is 16.2. The Labute approximate surface area is 211 Å². The highest BCUT2D eigenvalue weighted by molar-refractivity contribution is 5.93. The Hall–Kier alpha value is -3.50. The molecule has 5 rings (SSSR count). The summed E-state index contributed by atoms with van der Waals surface area (Å²) in [6.07, 6.45) is 3.48. The SMILES string of the molecule is Cc1cccc(C)c1NC(=O)CN1CCN(C(=O)CN2CCN(c3ncnc4[nH]ccc34)CC2)CC1. The molecule has 2 fully saturated rings. The fourth-order valence-electron chi connectivity index (χ4n) is 5.07. The number of fused-ring (bicyclic) bond motifs is 1. The van der Waals surface area contributed by atoms with Gasteiger partial charge < -0.3 is 20.1 Å². The van der Waals surface area contributed by atoms with E-state index in [0.717, 1.165) is 59.8 Å². The maximum atomic E-state index is 13.0. The van der Waals surface area contributed by atoms with Crippen LogP contribution in [0.2, 0.25) is 0 Å². The Morgan fingerprint density at radius 3 is 2.28 bits per heavy atom. The minimum atomic E-state index is -0.00866. The fourth-order valence-corrected chi connectivity index (χ4v) is 5.07. The number of benzene rings is 1. The van der Waals surface area contributed by atoms with E-state index in [0.29, 0.717) is 39.3 Å². The van der Waals surface area contributed by atoms with Gasteiger partial charge in [0.1, 0.15) is 17.8 Å². The number of nitrogens with zero attached hydrogens (tertiary/aromatic N) is 6. The normalized spacial score (nSPS) is 17.5. The van der Waals surface area contributed by atoms with Crippen LogP contribution < -0.4 is 10.2 Å². The first-order chi connectivity index (χ1) is 17.5. The van der Waals surface area contributed by atoms with Crippen LogP contribution in [0.15, 0.2) is 36.8 Å². The van der Waals surface area contributed by atoms with E-state index in [1.807, 2.05) is 49.2 Å². The average molecular weight is 491 g/mol. The van der Waals surface area contributed by atoms with E-state index in [1.54, 1.807) is 6.33 Å². The van der Waals surface area contributed by atoms with Crippen molar-refractivity contribution >= 4 is 34.4 Å². The summed E-state index contributed by atoms with van der Waals surface area (Å²) >= 11 is 0. The molecule has 2 amide bonds. The lowest BCUT2D eigenvalue weighted by Gasteiger charge is -2.38. The standard InChI is InChI=1S/C26H34N8O2/c1-19-4-3-5-20(2)24(19)30-22(35)16-31-8-12-33(13-9-31)23(36)17-32-10-14-34(15-11-32)26-21-6-7-27-25(21)28-18-29-26/h3-7,18H,8-17H2,1-2H3,(H,30,35)(H,27,28,29). The zero-order valence-electron chi connectivity index (χ0n) is 21.0. The van der Waals surface area contributed by atoms with Crippen LogP contribution in [-0.2, 0) is 9.59 Å². The summed E-state index contributed by atoms with van der Waals surface area (Å²) < 4.78 is 0. The highest BCUT2D eigenvalue weighted by Crippen LogP contribution is 2.23. The van der Waals surface area contributed by atoms with E-state index < -0.39 is 0 Å². The van der Waals surface area contributed by atoms with Crippen LogP contribution >= 0.6 is 0 Å². The molecule has 2 N–H and O–H groups in total. The molecule has 4 heterocycles. The van der Waals surface area contributed by atoms with E-state index in [1.165, 1.54) is 0 Å². The number of hydrogen-bond acceptors (Lipinski definition) is 7. The molecular formula is C26H34N8O2. The molecule has 0 aliphatic carbocycles. The number of carbonyl (C=O) groups excluding carboxylic acids is 2. The van der Waals surface area contributed by atoms with Gasteiger partial charge >= 0.3 is 0 Å². The van der Waals surface area contributed by atoms with Crippen molar-refractivity contribution in [2.75, 3.05) is 75.7 Å². The molecule has 2 aromatic heterocycles. The van der Waals surface area contributed by atoms with Crippen LogP contribution in [0.3, 0.4) is 0 Å². The number of nitrogens with one attached hydrogen (secondary N) is 2. The number of aryl methyl sites for hydroxylation is 2. The number of hydrogen-bond donors (Lipinski definition) is 2. The Morgan fingerprint density at radius 1 is 0.889 bits per heavy atom. The third-order valence-electron chi connectivity index (χ3n) is 7.20.